The van der Waals surface area contributed by atoms with Gasteiger partial charge in [0.25, 0.3) is 5.52 Å². The molecule has 0 radical (unpaired) electrons. The number of fused-ring (bicyclic) bond motifs is 3. The molecule has 4 heteroatoms. The molecule has 0 saturated heterocycles. The Labute approximate surface area is 101 Å². The fourth-order valence-corrected chi connectivity index (χ4v) is 2.68. The van der Waals surface area contributed by atoms with Crippen molar-refractivity contribution in [2.45, 2.75) is 0 Å². The Kier molecular flexibility index (Phi) is 1.56. The molecule has 2 aromatic heterocycles. The first kappa shape index (κ1) is 9.41. The Morgan fingerprint density at radius 3 is 2.67 bits per heavy atom. The van der Waals surface area contributed by atoms with Gasteiger partial charge >= 0.3 is 0 Å². The van der Waals surface area contributed by atoms with Crippen LogP contribution in [-0.2, 0) is 0 Å². The van der Waals surface area contributed by atoms with E-state index >= 15 is 0 Å². The van der Waals surface area contributed by atoms with Crippen molar-refractivity contribution in [1.82, 2.24) is 4.73 Å². The lowest BCUT2D eigenvalue weighted by Gasteiger charge is -2.12. The van der Waals surface area contributed by atoms with Gasteiger partial charge in [0, 0.05) is 16.4 Å². The van der Waals surface area contributed by atoms with Gasteiger partial charge in [-0.15, -0.1) is 0 Å². The van der Waals surface area contributed by atoms with Crippen LogP contribution < -0.4 is 4.43 Å². The molecule has 4 aromatic rings. The molecule has 86 valence electrons. The predicted molar refractivity (Wildman–Crippen MR) is 70.3 cm³/mol. The van der Waals surface area contributed by atoms with Gasteiger partial charge in [-0.05, 0) is 23.7 Å². The van der Waals surface area contributed by atoms with Crippen LogP contribution >= 0.6 is 0 Å². The summed E-state index contributed by atoms with van der Waals surface area (Å²) in [6.45, 7) is 0. The maximum absolute atomic E-state index is 12.0. The number of hydrogen-bond acceptors (Lipinski definition) is 2. The third kappa shape index (κ3) is 0.953. The van der Waals surface area contributed by atoms with Gasteiger partial charge in [-0.25, -0.2) is 0 Å². The number of nitrogens with zero attached hydrogens (tertiary/aromatic N) is 2. The van der Waals surface area contributed by atoms with Crippen molar-refractivity contribution in [3.8, 4) is 0 Å². The second kappa shape index (κ2) is 2.98. The molecule has 0 N–H and O–H groups in total. The zero-order valence-electron chi connectivity index (χ0n) is 9.33. The first-order valence-corrected chi connectivity index (χ1v) is 5.65. The number of benzene rings is 1. The van der Waals surface area contributed by atoms with E-state index in [9.17, 15) is 10.1 Å². The molecular formula is C14H8N2O2. The van der Waals surface area contributed by atoms with E-state index in [0.29, 0.717) is 11.0 Å². The van der Waals surface area contributed by atoms with Gasteiger partial charge in [0.05, 0.1) is 20.7 Å². The normalized spacial score (nSPS) is 11.8. The highest BCUT2D eigenvalue weighted by molar-refractivity contribution is 6.26. The number of aromatic nitrogens is 2. The van der Waals surface area contributed by atoms with E-state index in [2.05, 4.69) is 0 Å². The maximum atomic E-state index is 12.0. The second-order valence-corrected chi connectivity index (χ2v) is 4.36. The number of pyridine rings is 2. The molecule has 2 aromatic carbocycles. The quantitative estimate of drug-likeness (QED) is 0.441. The standard InChI is InChI=1S/C14H8N2O2/c17-15-7-5-9-6-8-16(18)14-11-4-2-1-3-10(11)13(15)12(9)14/h1-8H. The summed E-state index contributed by atoms with van der Waals surface area (Å²) in [5.41, 5.74) is 1.15. The van der Waals surface area contributed by atoms with Crippen LogP contribution in [0.3, 0.4) is 0 Å². The van der Waals surface area contributed by atoms with E-state index in [4.69, 9.17) is 0 Å². The molecule has 0 amide bonds. The van der Waals surface area contributed by atoms with Crippen molar-refractivity contribution < 1.29 is 4.43 Å². The predicted octanol–water partition coefficient (Wildman–Crippen LogP) is 2.65. The number of rotatable bonds is 0. The fraction of sp³-hybridized carbons (Fsp3) is 0. The summed E-state index contributed by atoms with van der Waals surface area (Å²) in [5, 5.41) is 15.3. The molecule has 0 aliphatic rings. The van der Waals surface area contributed by atoms with Crippen LogP contribution in [0.5, 0.6) is 0 Å². The highest BCUT2D eigenvalue weighted by atomic mass is 16.5. The van der Waals surface area contributed by atoms with Gasteiger partial charge in [-0.2, -0.15) is 0 Å². The van der Waals surface area contributed by atoms with Crippen molar-refractivity contribution in [2.24, 2.45) is 0 Å². The van der Waals surface area contributed by atoms with Crippen LogP contribution in [0.1, 0.15) is 0 Å². The lowest BCUT2D eigenvalue weighted by Crippen LogP contribution is -2.12. The van der Waals surface area contributed by atoms with Crippen LogP contribution in [0.2, 0.25) is 0 Å². The summed E-state index contributed by atoms with van der Waals surface area (Å²) >= 11 is 0. The molecule has 0 fully saturated rings. The molecular weight excluding hydrogens is 228 g/mol. The monoisotopic (exact) mass is 236 g/mol. The molecule has 4 nitrogen and oxygen atoms in total. The Hall–Kier alpha value is -2.62. The molecule has 0 aliphatic carbocycles. The van der Waals surface area contributed by atoms with Crippen LogP contribution in [0.4, 0.5) is 0 Å². The van der Waals surface area contributed by atoms with E-state index in [-0.39, 0.29) is 0 Å². The Morgan fingerprint density at radius 2 is 1.83 bits per heavy atom. The summed E-state index contributed by atoms with van der Waals surface area (Å²) in [4.78, 5) is 12.0. The molecule has 0 atom stereocenters. The Balaban J connectivity index is 2.57. The van der Waals surface area contributed by atoms with E-state index in [1.807, 2.05) is 24.3 Å². The van der Waals surface area contributed by atoms with Crippen LogP contribution in [0, 0.1) is 10.1 Å². The highest BCUT2D eigenvalue weighted by Gasteiger charge is 2.20. The lowest BCUT2D eigenvalue weighted by molar-refractivity contribution is -0.462. The van der Waals surface area contributed by atoms with Crippen molar-refractivity contribution in [1.29, 1.82) is 0 Å². The fourth-order valence-electron chi connectivity index (χ4n) is 2.68. The summed E-state index contributed by atoms with van der Waals surface area (Å²) < 4.78 is 1.66. The van der Waals surface area contributed by atoms with Crippen LogP contribution in [-0.4, -0.2) is 4.73 Å². The lowest BCUT2D eigenvalue weighted by atomic mass is 10.2. The third-order valence-corrected chi connectivity index (χ3v) is 3.42. The van der Waals surface area contributed by atoms with Crippen LogP contribution in [0.15, 0.2) is 48.8 Å². The summed E-state index contributed by atoms with van der Waals surface area (Å²) in [6.07, 6.45) is 2.97. The van der Waals surface area contributed by atoms with E-state index in [0.717, 1.165) is 30.7 Å². The summed E-state index contributed by atoms with van der Waals surface area (Å²) in [7, 11) is 0. The SMILES string of the molecule is O=[n+]1ccc2ccn([O-])c3c4ccccc4c1c23. The van der Waals surface area contributed by atoms with Gasteiger partial charge in [-0.3, -0.25) is 0 Å². The largest absolute Gasteiger partial charge is 0.806 e. The van der Waals surface area contributed by atoms with Crippen molar-refractivity contribution in [3.63, 3.8) is 0 Å². The molecule has 4 rings (SSSR count). The van der Waals surface area contributed by atoms with E-state index < -0.39 is 0 Å². The van der Waals surface area contributed by atoms with Gasteiger partial charge < -0.3 is 9.94 Å². The van der Waals surface area contributed by atoms with Crippen molar-refractivity contribution in [3.05, 3.63) is 58.9 Å². The van der Waals surface area contributed by atoms with Gasteiger partial charge in [0.1, 0.15) is 0 Å². The Bertz CT molecular complexity index is 956. The first-order chi connectivity index (χ1) is 8.77. The minimum atomic E-state index is 0.573. The molecule has 0 spiro atoms. The topological polar surface area (TPSA) is 51.0 Å². The molecule has 2 heterocycles. The zero-order valence-corrected chi connectivity index (χ0v) is 9.33. The summed E-state index contributed by atoms with van der Waals surface area (Å²) in [6, 6.07) is 11.0. The smallest absolute Gasteiger partial charge is 0.280 e. The van der Waals surface area contributed by atoms with E-state index in [1.54, 1.807) is 12.1 Å². The highest BCUT2D eigenvalue weighted by Crippen LogP contribution is 2.35. The Morgan fingerprint density at radius 1 is 1.06 bits per heavy atom. The second-order valence-electron chi connectivity index (χ2n) is 4.36. The van der Waals surface area contributed by atoms with Gasteiger partial charge in [0.2, 0.25) is 6.20 Å². The molecule has 0 aliphatic heterocycles. The molecule has 0 bridgehead atoms. The van der Waals surface area contributed by atoms with Gasteiger partial charge in [-0.1, -0.05) is 18.2 Å². The number of hydrogen-bond donors (Lipinski definition) is 0. The summed E-state index contributed by atoms with van der Waals surface area (Å²) in [5.74, 6) is 0. The maximum Gasteiger partial charge on any atom is 0.280 e. The molecule has 0 saturated carbocycles. The average molecular weight is 236 g/mol. The minimum Gasteiger partial charge on any atom is -0.806 e. The molecule has 18 heavy (non-hydrogen) atoms. The third-order valence-electron chi connectivity index (χ3n) is 3.42. The average Bonchev–Trinajstić information content (AvgIpc) is 2.74. The van der Waals surface area contributed by atoms with Crippen molar-refractivity contribution >= 4 is 32.6 Å². The van der Waals surface area contributed by atoms with Crippen LogP contribution in [0.25, 0.3) is 32.6 Å². The van der Waals surface area contributed by atoms with Gasteiger partial charge in [0.15, 0.2) is 0 Å². The molecule has 0 unspecified atom stereocenters. The minimum absolute atomic E-state index is 0.573. The zero-order chi connectivity index (χ0) is 12.3. The first-order valence-electron chi connectivity index (χ1n) is 5.65. The van der Waals surface area contributed by atoms with Crippen molar-refractivity contribution in [2.75, 3.05) is 0 Å². The van der Waals surface area contributed by atoms with E-state index in [1.165, 1.54) is 12.4 Å².